The Hall–Kier alpha value is -2.26. The van der Waals surface area contributed by atoms with Gasteiger partial charge < -0.3 is 9.30 Å². The van der Waals surface area contributed by atoms with Gasteiger partial charge in [-0.05, 0) is 42.9 Å². The monoisotopic (exact) mass is 340 g/mol. The van der Waals surface area contributed by atoms with E-state index in [1.807, 2.05) is 30.5 Å². The number of nitriles is 1. The van der Waals surface area contributed by atoms with Gasteiger partial charge in [0, 0.05) is 17.9 Å². The van der Waals surface area contributed by atoms with E-state index in [1.165, 1.54) is 6.42 Å². The van der Waals surface area contributed by atoms with E-state index in [2.05, 4.69) is 20.8 Å². The van der Waals surface area contributed by atoms with E-state index in [0.29, 0.717) is 11.4 Å². The van der Waals surface area contributed by atoms with Crippen molar-refractivity contribution in [2.45, 2.75) is 37.1 Å². The van der Waals surface area contributed by atoms with Crippen molar-refractivity contribution in [2.24, 2.45) is 0 Å². The summed E-state index contributed by atoms with van der Waals surface area (Å²) < 4.78 is 7.52. The van der Waals surface area contributed by atoms with Crippen LogP contribution in [-0.2, 0) is 13.0 Å². The number of aryl methyl sites for hydroxylation is 1. The number of rotatable bonds is 4. The van der Waals surface area contributed by atoms with Gasteiger partial charge >= 0.3 is 0 Å². The molecule has 124 valence electrons. The fourth-order valence-electron chi connectivity index (χ4n) is 2.94. The summed E-state index contributed by atoms with van der Waals surface area (Å²) in [5.74, 6) is 2.47. The first-order chi connectivity index (χ1) is 11.8. The number of aromatic nitrogens is 3. The van der Waals surface area contributed by atoms with Gasteiger partial charge in [0.05, 0.1) is 12.7 Å². The summed E-state index contributed by atoms with van der Waals surface area (Å²) in [6.45, 7) is 0.880. The van der Waals surface area contributed by atoms with Crippen molar-refractivity contribution >= 4 is 23.4 Å². The first-order valence-corrected chi connectivity index (χ1v) is 9.25. The Kier molecular flexibility index (Phi) is 5.21. The molecule has 0 saturated carbocycles. The molecule has 5 nitrogen and oxygen atoms in total. The fourth-order valence-corrected chi connectivity index (χ4v) is 3.49. The van der Waals surface area contributed by atoms with Gasteiger partial charge in [-0.25, -0.2) is 0 Å². The van der Waals surface area contributed by atoms with Crippen molar-refractivity contribution in [3.63, 3.8) is 0 Å². The van der Waals surface area contributed by atoms with Crippen LogP contribution in [0.15, 0.2) is 23.1 Å². The molecule has 2 aromatic rings. The summed E-state index contributed by atoms with van der Waals surface area (Å²) in [5, 5.41) is 18.2. The standard InChI is InChI=1S/C18H20N4OS/c1-23-15-11-13(7-8-16(15)24-2)10-14(12-19)18-21-20-17-6-4-3-5-9-22(17)18/h7-8,10-11H,3-6,9H2,1-2H3/b14-10+. The van der Waals surface area contributed by atoms with Crippen molar-refractivity contribution in [3.05, 3.63) is 35.4 Å². The minimum Gasteiger partial charge on any atom is -0.496 e. The van der Waals surface area contributed by atoms with Crippen LogP contribution in [0.4, 0.5) is 0 Å². The SMILES string of the molecule is COc1cc(/C=C(\C#N)c2nnc3n2CCCCC3)ccc1SC. The van der Waals surface area contributed by atoms with Gasteiger partial charge in [0.15, 0.2) is 5.82 Å². The molecule has 0 N–H and O–H groups in total. The molecule has 1 aliphatic rings. The second kappa shape index (κ2) is 7.54. The average Bonchev–Trinajstić information content (AvgIpc) is 2.87. The fraction of sp³-hybridized carbons (Fsp3) is 0.389. The normalized spacial score (nSPS) is 14.6. The Bertz CT molecular complexity index is 804. The van der Waals surface area contributed by atoms with Crippen LogP contribution in [0.2, 0.25) is 0 Å². The minimum absolute atomic E-state index is 0.537. The number of thioether (sulfide) groups is 1. The van der Waals surface area contributed by atoms with E-state index in [-0.39, 0.29) is 0 Å². The van der Waals surface area contributed by atoms with Gasteiger partial charge in [-0.3, -0.25) is 0 Å². The van der Waals surface area contributed by atoms with Gasteiger partial charge in [0.2, 0.25) is 0 Å². The predicted molar refractivity (Wildman–Crippen MR) is 95.8 cm³/mol. The zero-order chi connectivity index (χ0) is 16.9. The molecule has 0 amide bonds. The highest BCUT2D eigenvalue weighted by Gasteiger charge is 2.17. The lowest BCUT2D eigenvalue weighted by Gasteiger charge is -2.08. The molecule has 1 aromatic heterocycles. The average molecular weight is 340 g/mol. The molecule has 0 bridgehead atoms. The zero-order valence-electron chi connectivity index (χ0n) is 14.0. The third-order valence-corrected chi connectivity index (χ3v) is 4.97. The summed E-state index contributed by atoms with van der Waals surface area (Å²) in [4.78, 5) is 1.07. The summed E-state index contributed by atoms with van der Waals surface area (Å²) in [6.07, 6.45) is 8.24. The molecule has 1 aliphatic heterocycles. The number of ether oxygens (including phenoxy) is 1. The highest BCUT2D eigenvalue weighted by atomic mass is 32.2. The second-order valence-corrected chi connectivity index (χ2v) is 6.53. The van der Waals surface area contributed by atoms with E-state index < -0.39 is 0 Å². The summed E-state index contributed by atoms with van der Waals surface area (Å²) in [6, 6.07) is 8.23. The molecular weight excluding hydrogens is 320 g/mol. The Morgan fingerprint density at radius 1 is 1.33 bits per heavy atom. The molecule has 1 aromatic carbocycles. The zero-order valence-corrected chi connectivity index (χ0v) is 14.8. The summed E-state index contributed by atoms with van der Waals surface area (Å²) in [5.41, 5.74) is 1.46. The van der Waals surface area contributed by atoms with Crippen LogP contribution in [0.5, 0.6) is 5.75 Å². The van der Waals surface area contributed by atoms with E-state index >= 15 is 0 Å². The molecule has 0 fully saturated rings. The molecule has 0 unspecified atom stereocenters. The van der Waals surface area contributed by atoms with Gasteiger partial charge in [0.25, 0.3) is 0 Å². The Morgan fingerprint density at radius 3 is 2.96 bits per heavy atom. The number of hydrogen-bond donors (Lipinski definition) is 0. The number of allylic oxidation sites excluding steroid dienone is 1. The van der Waals surface area contributed by atoms with Gasteiger partial charge in [-0.1, -0.05) is 12.5 Å². The molecule has 0 spiro atoms. The molecular formula is C18H20N4OS. The molecule has 0 aliphatic carbocycles. The van der Waals surface area contributed by atoms with Crippen LogP contribution in [-0.4, -0.2) is 28.1 Å². The van der Waals surface area contributed by atoms with E-state index in [9.17, 15) is 5.26 Å². The number of benzene rings is 1. The number of methoxy groups -OCH3 is 1. The Labute approximate surface area is 146 Å². The first-order valence-electron chi connectivity index (χ1n) is 8.03. The molecule has 6 heteroatoms. The third-order valence-electron chi connectivity index (χ3n) is 4.19. The molecule has 0 atom stereocenters. The smallest absolute Gasteiger partial charge is 0.174 e. The highest BCUT2D eigenvalue weighted by Crippen LogP contribution is 2.30. The van der Waals surface area contributed by atoms with Crippen molar-refractivity contribution in [2.75, 3.05) is 13.4 Å². The van der Waals surface area contributed by atoms with Crippen molar-refractivity contribution in [1.29, 1.82) is 5.26 Å². The third kappa shape index (κ3) is 3.31. The molecule has 0 saturated heterocycles. The maximum atomic E-state index is 9.62. The van der Waals surface area contributed by atoms with Gasteiger partial charge in [0.1, 0.15) is 17.6 Å². The topological polar surface area (TPSA) is 63.7 Å². The van der Waals surface area contributed by atoms with Crippen LogP contribution < -0.4 is 4.74 Å². The van der Waals surface area contributed by atoms with Gasteiger partial charge in [-0.15, -0.1) is 22.0 Å². The lowest BCUT2D eigenvalue weighted by atomic mass is 10.1. The minimum atomic E-state index is 0.537. The maximum absolute atomic E-state index is 9.62. The lowest BCUT2D eigenvalue weighted by Crippen LogP contribution is -2.05. The largest absolute Gasteiger partial charge is 0.496 e. The maximum Gasteiger partial charge on any atom is 0.174 e. The van der Waals surface area contributed by atoms with Crippen LogP contribution >= 0.6 is 11.8 Å². The molecule has 2 heterocycles. The van der Waals surface area contributed by atoms with E-state index in [1.54, 1.807) is 18.9 Å². The van der Waals surface area contributed by atoms with Crippen LogP contribution in [0, 0.1) is 11.3 Å². The summed E-state index contributed by atoms with van der Waals surface area (Å²) >= 11 is 1.63. The highest BCUT2D eigenvalue weighted by molar-refractivity contribution is 7.98. The Balaban J connectivity index is 1.99. The lowest BCUT2D eigenvalue weighted by molar-refractivity contribution is 0.405. The Morgan fingerprint density at radius 2 is 2.21 bits per heavy atom. The first kappa shape index (κ1) is 16.6. The van der Waals surface area contributed by atoms with Crippen molar-refractivity contribution < 1.29 is 4.74 Å². The molecule has 0 radical (unpaired) electrons. The van der Waals surface area contributed by atoms with Crippen LogP contribution in [0.3, 0.4) is 0 Å². The van der Waals surface area contributed by atoms with Crippen LogP contribution in [0.1, 0.15) is 36.5 Å². The van der Waals surface area contributed by atoms with Crippen LogP contribution in [0.25, 0.3) is 11.6 Å². The molecule has 24 heavy (non-hydrogen) atoms. The van der Waals surface area contributed by atoms with Crippen molar-refractivity contribution in [3.8, 4) is 11.8 Å². The van der Waals surface area contributed by atoms with Gasteiger partial charge in [-0.2, -0.15) is 5.26 Å². The quantitative estimate of drug-likeness (QED) is 0.626. The van der Waals surface area contributed by atoms with Crippen molar-refractivity contribution in [1.82, 2.24) is 14.8 Å². The number of hydrogen-bond acceptors (Lipinski definition) is 5. The van der Waals surface area contributed by atoms with E-state index in [4.69, 9.17) is 4.74 Å². The molecule has 3 rings (SSSR count). The van der Waals surface area contributed by atoms with E-state index in [0.717, 1.165) is 47.8 Å². The predicted octanol–water partition coefficient (Wildman–Crippen LogP) is 3.80. The second-order valence-electron chi connectivity index (χ2n) is 5.69. The number of fused-ring (bicyclic) bond motifs is 1. The summed E-state index contributed by atoms with van der Waals surface area (Å²) in [7, 11) is 1.66. The number of nitrogens with zero attached hydrogens (tertiary/aromatic N) is 4.